The van der Waals surface area contributed by atoms with E-state index in [1.54, 1.807) is 0 Å². The average molecular weight is 370 g/mol. The van der Waals surface area contributed by atoms with Crippen molar-refractivity contribution in [3.05, 3.63) is 21.1 Å². The first-order valence-corrected chi connectivity index (χ1v) is 9.10. The fourth-order valence-corrected chi connectivity index (χ4v) is 6.85. The molecule has 0 aromatic carbocycles. The van der Waals surface area contributed by atoms with E-state index in [1.165, 1.54) is 38.5 Å². The van der Waals surface area contributed by atoms with Crippen LogP contribution in [0, 0.1) is 23.7 Å². The van der Waals surface area contributed by atoms with Gasteiger partial charge in [0, 0.05) is 5.41 Å². The van der Waals surface area contributed by atoms with Crippen LogP contribution in [0.4, 0.5) is 0 Å². The van der Waals surface area contributed by atoms with Crippen LogP contribution < -0.4 is 0 Å². The minimum atomic E-state index is 0.165. The van der Waals surface area contributed by atoms with Crippen LogP contribution in [-0.2, 0) is 5.41 Å². The maximum absolute atomic E-state index is 6.33. The predicted octanol–water partition coefficient (Wildman–Crippen LogP) is 5.45. The SMILES string of the molecule is Cc1nc(C23CC4CC(C)(CC(C)(C4)C2)C3)nc(Cl)c1Br. The molecule has 2 atom stereocenters. The largest absolute Gasteiger partial charge is 0.236 e. The normalized spacial score (nSPS) is 44.3. The van der Waals surface area contributed by atoms with Gasteiger partial charge >= 0.3 is 0 Å². The molecule has 4 aliphatic rings. The lowest BCUT2D eigenvalue weighted by atomic mass is 9.40. The predicted molar refractivity (Wildman–Crippen MR) is 88.6 cm³/mol. The molecule has 4 saturated carbocycles. The van der Waals surface area contributed by atoms with Crippen LogP contribution in [0.2, 0.25) is 5.15 Å². The molecule has 0 saturated heterocycles. The summed E-state index contributed by atoms with van der Waals surface area (Å²) in [6, 6.07) is 0. The fourth-order valence-electron chi connectivity index (χ4n) is 6.46. The molecular weight excluding hydrogens is 348 g/mol. The van der Waals surface area contributed by atoms with Crippen molar-refractivity contribution in [3.63, 3.8) is 0 Å². The molecule has 114 valence electrons. The molecule has 0 radical (unpaired) electrons. The molecule has 2 nitrogen and oxygen atoms in total. The van der Waals surface area contributed by atoms with Gasteiger partial charge in [-0.15, -0.1) is 0 Å². The Morgan fingerprint density at radius 2 is 1.67 bits per heavy atom. The topological polar surface area (TPSA) is 25.8 Å². The number of hydrogen-bond donors (Lipinski definition) is 0. The van der Waals surface area contributed by atoms with Crippen LogP contribution in [0.5, 0.6) is 0 Å². The molecule has 0 N–H and O–H groups in total. The monoisotopic (exact) mass is 368 g/mol. The lowest BCUT2D eigenvalue weighted by molar-refractivity contribution is -0.112. The Hall–Kier alpha value is -0.150. The molecule has 4 fully saturated rings. The minimum Gasteiger partial charge on any atom is -0.236 e. The third-order valence-electron chi connectivity index (χ3n) is 6.08. The van der Waals surface area contributed by atoms with E-state index in [1.807, 2.05) is 6.92 Å². The van der Waals surface area contributed by atoms with E-state index in [4.69, 9.17) is 21.6 Å². The van der Waals surface area contributed by atoms with Gasteiger partial charge in [-0.1, -0.05) is 25.4 Å². The molecule has 21 heavy (non-hydrogen) atoms. The number of aromatic nitrogens is 2. The number of hydrogen-bond acceptors (Lipinski definition) is 2. The first kappa shape index (κ1) is 14.4. The zero-order valence-electron chi connectivity index (χ0n) is 13.0. The summed E-state index contributed by atoms with van der Waals surface area (Å²) in [6.07, 6.45) is 7.91. The van der Waals surface area contributed by atoms with Crippen molar-refractivity contribution < 1.29 is 0 Å². The van der Waals surface area contributed by atoms with Crippen LogP contribution in [0.1, 0.15) is 63.9 Å². The molecule has 1 aromatic rings. The van der Waals surface area contributed by atoms with Gasteiger partial charge in [-0.3, -0.25) is 0 Å². The van der Waals surface area contributed by atoms with Crippen LogP contribution in [0.3, 0.4) is 0 Å². The van der Waals surface area contributed by atoms with Gasteiger partial charge in [0.15, 0.2) is 0 Å². The molecule has 0 aliphatic heterocycles. The van der Waals surface area contributed by atoms with Gasteiger partial charge in [-0.25, -0.2) is 9.97 Å². The van der Waals surface area contributed by atoms with E-state index in [-0.39, 0.29) is 5.41 Å². The van der Waals surface area contributed by atoms with Crippen molar-refractivity contribution in [2.45, 2.75) is 64.7 Å². The molecular formula is C17H22BrClN2. The molecule has 5 rings (SSSR count). The highest BCUT2D eigenvalue weighted by Crippen LogP contribution is 2.69. The molecule has 0 spiro atoms. The number of aryl methyl sites for hydroxylation is 1. The van der Waals surface area contributed by atoms with Crippen molar-refractivity contribution in [2.75, 3.05) is 0 Å². The first-order chi connectivity index (χ1) is 9.73. The quantitative estimate of drug-likeness (QED) is 0.615. The summed E-state index contributed by atoms with van der Waals surface area (Å²) >= 11 is 9.82. The molecule has 4 aliphatic carbocycles. The van der Waals surface area contributed by atoms with E-state index in [2.05, 4.69) is 29.8 Å². The van der Waals surface area contributed by atoms with Crippen molar-refractivity contribution in [2.24, 2.45) is 16.7 Å². The van der Waals surface area contributed by atoms with E-state index in [9.17, 15) is 0 Å². The summed E-state index contributed by atoms with van der Waals surface area (Å²) in [5, 5.41) is 0.573. The second-order valence-corrected chi connectivity index (χ2v) is 9.80. The van der Waals surface area contributed by atoms with Crippen molar-refractivity contribution in [3.8, 4) is 0 Å². The lowest BCUT2D eigenvalue weighted by Crippen LogP contribution is -2.57. The summed E-state index contributed by atoms with van der Waals surface area (Å²) < 4.78 is 0.843. The second kappa shape index (κ2) is 4.23. The Kier molecular flexibility index (Phi) is 2.91. The molecule has 2 unspecified atom stereocenters. The van der Waals surface area contributed by atoms with Crippen LogP contribution in [0.25, 0.3) is 0 Å². The molecule has 1 aromatic heterocycles. The third kappa shape index (κ3) is 2.10. The summed E-state index contributed by atoms with van der Waals surface area (Å²) in [5.41, 5.74) is 2.09. The van der Waals surface area contributed by atoms with Crippen molar-refractivity contribution in [1.82, 2.24) is 9.97 Å². The van der Waals surface area contributed by atoms with Gasteiger partial charge in [-0.05, 0) is 78.1 Å². The standard InChI is InChI=1S/C17H22BrClN2/c1-10-12(18)13(19)21-14(20-10)17-6-11-4-15(2,8-17)7-16(3,5-11)9-17/h11H,4-9H2,1-3H3. The zero-order chi connectivity index (χ0) is 15.0. The van der Waals surface area contributed by atoms with Gasteiger partial charge < -0.3 is 0 Å². The van der Waals surface area contributed by atoms with Gasteiger partial charge in [-0.2, -0.15) is 0 Å². The highest BCUT2D eigenvalue weighted by atomic mass is 79.9. The van der Waals surface area contributed by atoms with Crippen LogP contribution in [0.15, 0.2) is 4.47 Å². The minimum absolute atomic E-state index is 0.165. The lowest BCUT2D eigenvalue weighted by Gasteiger charge is -2.64. The summed E-state index contributed by atoms with van der Waals surface area (Å²) in [6.45, 7) is 6.99. The van der Waals surface area contributed by atoms with Gasteiger partial charge in [0.2, 0.25) is 0 Å². The first-order valence-electron chi connectivity index (χ1n) is 7.93. The number of rotatable bonds is 1. The summed E-state index contributed by atoms with van der Waals surface area (Å²) in [7, 11) is 0. The van der Waals surface area contributed by atoms with Crippen LogP contribution >= 0.6 is 27.5 Å². The Balaban J connectivity index is 1.84. The molecule has 4 heteroatoms. The van der Waals surface area contributed by atoms with E-state index >= 15 is 0 Å². The highest BCUT2D eigenvalue weighted by Gasteiger charge is 2.61. The van der Waals surface area contributed by atoms with Gasteiger partial charge in [0.25, 0.3) is 0 Å². The van der Waals surface area contributed by atoms with Crippen molar-refractivity contribution >= 4 is 27.5 Å². The smallest absolute Gasteiger partial charge is 0.147 e. The Bertz CT molecular complexity index is 588. The zero-order valence-corrected chi connectivity index (χ0v) is 15.3. The summed E-state index contributed by atoms with van der Waals surface area (Å²) in [4.78, 5) is 9.54. The molecule has 0 amide bonds. The van der Waals surface area contributed by atoms with Gasteiger partial charge in [0.05, 0.1) is 10.2 Å². The summed E-state index contributed by atoms with van der Waals surface area (Å²) in [5.74, 6) is 1.86. The van der Waals surface area contributed by atoms with E-state index in [0.29, 0.717) is 16.0 Å². The number of nitrogens with zero attached hydrogens (tertiary/aromatic N) is 2. The third-order valence-corrected chi connectivity index (χ3v) is 7.53. The van der Waals surface area contributed by atoms with E-state index < -0.39 is 0 Å². The van der Waals surface area contributed by atoms with E-state index in [0.717, 1.165) is 21.9 Å². The fraction of sp³-hybridized carbons (Fsp3) is 0.765. The Morgan fingerprint density at radius 1 is 1.05 bits per heavy atom. The molecule has 1 heterocycles. The molecule has 4 bridgehead atoms. The maximum atomic E-state index is 6.33. The maximum Gasteiger partial charge on any atom is 0.147 e. The Labute approximate surface area is 140 Å². The highest BCUT2D eigenvalue weighted by molar-refractivity contribution is 9.10. The van der Waals surface area contributed by atoms with Crippen molar-refractivity contribution in [1.29, 1.82) is 0 Å². The number of halogens is 2. The van der Waals surface area contributed by atoms with Crippen LogP contribution in [-0.4, -0.2) is 9.97 Å². The van der Waals surface area contributed by atoms with Gasteiger partial charge in [0.1, 0.15) is 11.0 Å². The second-order valence-electron chi connectivity index (χ2n) is 8.65. The average Bonchev–Trinajstić information content (AvgIpc) is 2.30. The Morgan fingerprint density at radius 3 is 2.19 bits per heavy atom.